The lowest BCUT2D eigenvalue weighted by atomic mass is 9.88. The van der Waals surface area contributed by atoms with Gasteiger partial charge in [0.2, 0.25) is 0 Å². The van der Waals surface area contributed by atoms with Gasteiger partial charge >= 0.3 is 5.97 Å². The van der Waals surface area contributed by atoms with Crippen molar-refractivity contribution in [2.75, 3.05) is 27.4 Å². The Morgan fingerprint density at radius 1 is 1.15 bits per heavy atom. The van der Waals surface area contributed by atoms with E-state index >= 15 is 0 Å². The molecule has 4 rings (SSSR count). The zero-order valence-electron chi connectivity index (χ0n) is 22.2. The van der Waals surface area contributed by atoms with Crippen LogP contribution in [0.4, 0.5) is 0 Å². The number of aldehydes is 1. The Hall–Kier alpha value is -4.21. The van der Waals surface area contributed by atoms with E-state index < -0.39 is 17.9 Å². The monoisotopic (exact) mass is 532 g/mol. The number of methoxy groups -OCH3 is 2. The van der Waals surface area contributed by atoms with E-state index in [1.165, 1.54) is 0 Å². The number of hydrogen-bond donors (Lipinski definition) is 3. The molecule has 1 aromatic heterocycles. The van der Waals surface area contributed by atoms with Crippen molar-refractivity contribution >= 4 is 34.6 Å². The van der Waals surface area contributed by atoms with E-state index in [-0.39, 0.29) is 23.8 Å². The number of allylic oxidation sites excluding steroid dienone is 1. The summed E-state index contributed by atoms with van der Waals surface area (Å²) in [5, 5.41) is 13.0. The van der Waals surface area contributed by atoms with Gasteiger partial charge in [-0.25, -0.2) is 4.79 Å². The van der Waals surface area contributed by atoms with Crippen LogP contribution in [-0.4, -0.2) is 67.8 Å². The van der Waals surface area contributed by atoms with E-state index in [0.717, 1.165) is 22.3 Å². The fourth-order valence-corrected chi connectivity index (χ4v) is 4.80. The number of hydrogen-bond acceptors (Lipinski definition) is 6. The van der Waals surface area contributed by atoms with Crippen molar-refractivity contribution in [3.05, 3.63) is 88.3 Å². The van der Waals surface area contributed by atoms with Crippen LogP contribution in [0.3, 0.4) is 0 Å². The normalized spacial score (nSPS) is 16.1. The molecule has 1 aliphatic carbocycles. The standard InChI is InChI=1S/C30H32N2O7/c1-4-39-17-19-14-25(37-2)27(26(15-19)38-3)20-11-9-18(10-12-20)13-24(30(35)36)32-29(34)28-22(16-33)21-7-5-6-8-23(21)31-28/h5-12,14,16,24,26,31H,4,13,15,17H2,1-3H3,(H,32,34)(H,35,36)/t24-,26?/m0/s1. The maximum Gasteiger partial charge on any atom is 0.326 e. The Bertz CT molecular complexity index is 1420. The van der Waals surface area contributed by atoms with Crippen LogP contribution >= 0.6 is 0 Å². The molecule has 0 saturated carbocycles. The minimum Gasteiger partial charge on any atom is -0.496 e. The highest BCUT2D eigenvalue weighted by molar-refractivity contribution is 6.10. The molecular weight excluding hydrogens is 500 g/mol. The van der Waals surface area contributed by atoms with E-state index in [1.807, 2.05) is 37.3 Å². The molecule has 2 aromatic carbocycles. The van der Waals surface area contributed by atoms with Gasteiger partial charge in [0, 0.05) is 43.0 Å². The second-order valence-corrected chi connectivity index (χ2v) is 9.19. The first kappa shape index (κ1) is 27.8. The summed E-state index contributed by atoms with van der Waals surface area (Å²) in [6.07, 6.45) is 3.08. The minimum atomic E-state index is -1.20. The summed E-state index contributed by atoms with van der Waals surface area (Å²) in [6.45, 7) is 3.07. The smallest absolute Gasteiger partial charge is 0.326 e. The minimum absolute atomic E-state index is 0.0338. The van der Waals surface area contributed by atoms with E-state index in [0.29, 0.717) is 42.6 Å². The number of rotatable bonds is 12. The number of H-pyrrole nitrogens is 1. The number of fused-ring (bicyclic) bond motifs is 1. The predicted molar refractivity (Wildman–Crippen MR) is 147 cm³/mol. The van der Waals surface area contributed by atoms with Crippen molar-refractivity contribution in [3.8, 4) is 0 Å². The number of nitrogens with one attached hydrogen (secondary N) is 2. The van der Waals surface area contributed by atoms with Gasteiger partial charge in [-0.15, -0.1) is 0 Å². The lowest BCUT2D eigenvalue weighted by Gasteiger charge is -2.27. The molecule has 39 heavy (non-hydrogen) atoms. The van der Waals surface area contributed by atoms with Crippen molar-refractivity contribution in [1.29, 1.82) is 0 Å². The summed E-state index contributed by atoms with van der Waals surface area (Å²) in [4.78, 5) is 39.6. The summed E-state index contributed by atoms with van der Waals surface area (Å²) >= 11 is 0. The highest BCUT2D eigenvalue weighted by Crippen LogP contribution is 2.34. The Kier molecular flexibility index (Phi) is 8.96. The molecule has 3 aromatic rings. The molecule has 0 saturated heterocycles. The Balaban J connectivity index is 1.54. The maximum atomic E-state index is 13.0. The van der Waals surface area contributed by atoms with Gasteiger partial charge in [-0.1, -0.05) is 42.5 Å². The van der Waals surface area contributed by atoms with Gasteiger partial charge in [0.15, 0.2) is 6.29 Å². The van der Waals surface area contributed by atoms with Crippen molar-refractivity contribution < 1.29 is 33.7 Å². The van der Waals surface area contributed by atoms with E-state index in [9.17, 15) is 19.5 Å². The number of carboxylic acid groups (broad SMARTS) is 1. The maximum absolute atomic E-state index is 13.0. The van der Waals surface area contributed by atoms with Crippen LogP contribution in [0, 0.1) is 0 Å². The average Bonchev–Trinajstić information content (AvgIpc) is 3.34. The predicted octanol–water partition coefficient (Wildman–Crippen LogP) is 4.15. The molecule has 3 N–H and O–H groups in total. The summed E-state index contributed by atoms with van der Waals surface area (Å²) in [7, 11) is 3.26. The topological polar surface area (TPSA) is 127 Å². The van der Waals surface area contributed by atoms with E-state index in [2.05, 4.69) is 10.3 Å². The van der Waals surface area contributed by atoms with E-state index in [4.69, 9.17) is 14.2 Å². The average molecular weight is 533 g/mol. The highest BCUT2D eigenvalue weighted by atomic mass is 16.5. The summed E-state index contributed by atoms with van der Waals surface area (Å²) in [5.74, 6) is -1.15. The lowest BCUT2D eigenvalue weighted by molar-refractivity contribution is -0.139. The van der Waals surface area contributed by atoms with Crippen molar-refractivity contribution in [1.82, 2.24) is 10.3 Å². The Morgan fingerprint density at radius 2 is 1.90 bits per heavy atom. The highest BCUT2D eigenvalue weighted by Gasteiger charge is 2.27. The molecule has 0 radical (unpaired) electrons. The van der Waals surface area contributed by atoms with Gasteiger partial charge in [-0.05, 0) is 35.8 Å². The van der Waals surface area contributed by atoms with Gasteiger partial charge in [0.25, 0.3) is 5.91 Å². The summed E-state index contributed by atoms with van der Waals surface area (Å²) < 4.78 is 17.0. The second-order valence-electron chi connectivity index (χ2n) is 9.19. The molecule has 204 valence electrons. The molecule has 1 amide bonds. The van der Waals surface area contributed by atoms with Crippen LogP contribution in [0.1, 0.15) is 45.3 Å². The Morgan fingerprint density at radius 3 is 2.54 bits per heavy atom. The SMILES string of the molecule is CCOCC1=CC(OC)=C(c2ccc(C[C@H](NC(=O)c3[nH]c4ccccc4c3C=O)C(=O)O)cc2)C(OC)C1. The summed E-state index contributed by atoms with van der Waals surface area (Å²) in [5.41, 5.74) is 4.43. The van der Waals surface area contributed by atoms with Crippen molar-refractivity contribution in [2.45, 2.75) is 31.9 Å². The number of benzene rings is 2. The van der Waals surface area contributed by atoms with Crippen molar-refractivity contribution in [2.24, 2.45) is 0 Å². The zero-order chi connectivity index (χ0) is 27.9. The third-order valence-corrected chi connectivity index (χ3v) is 6.77. The van der Waals surface area contributed by atoms with Crippen LogP contribution in [0.5, 0.6) is 0 Å². The molecule has 1 unspecified atom stereocenters. The number of aromatic amines is 1. The second kappa shape index (κ2) is 12.6. The first-order valence-electron chi connectivity index (χ1n) is 12.7. The van der Waals surface area contributed by atoms with Crippen LogP contribution in [-0.2, 0) is 25.4 Å². The largest absolute Gasteiger partial charge is 0.496 e. The molecular formula is C30H32N2O7. The molecule has 9 nitrogen and oxygen atoms in total. The number of carbonyl (C=O) groups excluding carboxylic acids is 2. The number of para-hydroxylation sites is 1. The number of carboxylic acids is 1. The van der Waals surface area contributed by atoms with Gasteiger partial charge in [-0.2, -0.15) is 0 Å². The summed E-state index contributed by atoms with van der Waals surface area (Å²) in [6, 6.07) is 13.2. The van der Waals surface area contributed by atoms with Crippen LogP contribution in [0.15, 0.2) is 65.9 Å². The fourth-order valence-electron chi connectivity index (χ4n) is 4.80. The zero-order valence-corrected chi connectivity index (χ0v) is 22.2. The molecule has 9 heteroatoms. The molecule has 0 spiro atoms. The van der Waals surface area contributed by atoms with E-state index in [1.54, 1.807) is 38.5 Å². The Labute approximate surface area is 226 Å². The third kappa shape index (κ3) is 6.10. The molecule has 2 atom stereocenters. The van der Waals surface area contributed by atoms with Gasteiger partial charge in [0.05, 0.1) is 25.4 Å². The van der Waals surface area contributed by atoms with Gasteiger partial charge < -0.3 is 29.6 Å². The van der Waals surface area contributed by atoms with Crippen LogP contribution < -0.4 is 5.32 Å². The molecule has 0 bridgehead atoms. The first-order valence-corrected chi connectivity index (χ1v) is 12.7. The van der Waals surface area contributed by atoms with Gasteiger partial charge in [-0.3, -0.25) is 9.59 Å². The first-order chi connectivity index (χ1) is 18.9. The molecule has 0 fully saturated rings. The number of carbonyl (C=O) groups is 3. The van der Waals surface area contributed by atoms with Crippen LogP contribution in [0.2, 0.25) is 0 Å². The lowest BCUT2D eigenvalue weighted by Crippen LogP contribution is -2.42. The van der Waals surface area contributed by atoms with Crippen molar-refractivity contribution in [3.63, 3.8) is 0 Å². The molecule has 0 aliphatic heterocycles. The number of ether oxygens (including phenoxy) is 3. The molecule has 1 aliphatic rings. The molecule has 1 heterocycles. The van der Waals surface area contributed by atoms with Crippen LogP contribution in [0.25, 0.3) is 16.5 Å². The number of amides is 1. The quantitative estimate of drug-likeness (QED) is 0.299. The number of aromatic nitrogens is 1. The number of aliphatic carboxylic acids is 1. The fraction of sp³-hybridized carbons (Fsp3) is 0.300. The van der Waals surface area contributed by atoms with Gasteiger partial charge in [0.1, 0.15) is 17.5 Å². The third-order valence-electron chi connectivity index (χ3n) is 6.77.